The lowest BCUT2D eigenvalue weighted by Crippen LogP contribution is -2.44. The molecule has 16 heavy (non-hydrogen) atoms. The smallest absolute Gasteiger partial charge is 0.0693 e. The van der Waals surface area contributed by atoms with Crippen LogP contribution < -0.4 is 5.32 Å². The summed E-state index contributed by atoms with van der Waals surface area (Å²) in [5, 5.41) is 13.5. The van der Waals surface area contributed by atoms with E-state index in [1.807, 2.05) is 0 Å². The van der Waals surface area contributed by atoms with Crippen molar-refractivity contribution in [3.8, 4) is 0 Å². The highest BCUT2D eigenvalue weighted by Gasteiger charge is 2.28. The van der Waals surface area contributed by atoms with Crippen LogP contribution in [0.3, 0.4) is 0 Å². The molecule has 0 aromatic heterocycles. The molecule has 0 aliphatic heterocycles. The van der Waals surface area contributed by atoms with Gasteiger partial charge in [-0.1, -0.05) is 25.7 Å². The minimum Gasteiger partial charge on any atom is -0.392 e. The molecule has 2 heteroatoms. The summed E-state index contributed by atoms with van der Waals surface area (Å²) in [6, 6.07) is 0.967. The van der Waals surface area contributed by atoms with Gasteiger partial charge in [-0.15, -0.1) is 0 Å². The molecule has 2 unspecified atom stereocenters. The van der Waals surface area contributed by atoms with E-state index < -0.39 is 0 Å². The summed E-state index contributed by atoms with van der Waals surface area (Å²) in [5.74, 6) is 0.843. The van der Waals surface area contributed by atoms with Crippen LogP contribution in [0, 0.1) is 5.92 Å². The lowest BCUT2D eigenvalue weighted by Gasteiger charge is -2.28. The first-order chi connectivity index (χ1) is 7.77. The zero-order chi connectivity index (χ0) is 11.4. The summed E-state index contributed by atoms with van der Waals surface area (Å²) < 4.78 is 0. The molecule has 3 atom stereocenters. The maximum atomic E-state index is 9.83. The fourth-order valence-electron chi connectivity index (χ4n) is 3.42. The molecule has 0 heterocycles. The molecule has 2 saturated carbocycles. The van der Waals surface area contributed by atoms with E-state index in [1.54, 1.807) is 0 Å². The predicted octanol–water partition coefficient (Wildman–Crippen LogP) is 2.85. The zero-order valence-electron chi connectivity index (χ0n) is 10.6. The lowest BCUT2D eigenvalue weighted by molar-refractivity contribution is 0.136. The van der Waals surface area contributed by atoms with Gasteiger partial charge < -0.3 is 10.4 Å². The molecule has 0 radical (unpaired) electrons. The van der Waals surface area contributed by atoms with Gasteiger partial charge in [-0.25, -0.2) is 0 Å². The van der Waals surface area contributed by atoms with Gasteiger partial charge in [-0.3, -0.25) is 0 Å². The van der Waals surface area contributed by atoms with Gasteiger partial charge in [-0.2, -0.15) is 0 Å². The monoisotopic (exact) mass is 225 g/mol. The van der Waals surface area contributed by atoms with E-state index in [4.69, 9.17) is 0 Å². The third-order valence-electron chi connectivity index (χ3n) is 4.56. The average Bonchev–Trinajstić information content (AvgIpc) is 2.57. The first kappa shape index (κ1) is 12.4. The third-order valence-corrected chi connectivity index (χ3v) is 4.56. The molecule has 2 fully saturated rings. The number of aliphatic hydroxyl groups excluding tert-OH is 1. The van der Waals surface area contributed by atoms with E-state index in [1.165, 1.54) is 44.9 Å². The van der Waals surface area contributed by atoms with Crippen LogP contribution in [0.5, 0.6) is 0 Å². The molecule has 2 rings (SSSR count). The molecule has 0 spiro atoms. The van der Waals surface area contributed by atoms with Crippen LogP contribution in [0.25, 0.3) is 0 Å². The predicted molar refractivity (Wildman–Crippen MR) is 67.4 cm³/mol. The van der Waals surface area contributed by atoms with Crippen molar-refractivity contribution < 1.29 is 5.11 Å². The maximum absolute atomic E-state index is 9.83. The summed E-state index contributed by atoms with van der Waals surface area (Å²) in [7, 11) is 0. The van der Waals surface area contributed by atoms with Crippen LogP contribution in [0.15, 0.2) is 0 Å². The minimum absolute atomic E-state index is 0.0896. The second-order valence-electron chi connectivity index (χ2n) is 5.81. The summed E-state index contributed by atoms with van der Waals surface area (Å²) in [6.07, 6.45) is 11.7. The van der Waals surface area contributed by atoms with Crippen molar-refractivity contribution in [2.75, 3.05) is 0 Å². The van der Waals surface area contributed by atoms with Crippen molar-refractivity contribution in [1.82, 2.24) is 5.32 Å². The van der Waals surface area contributed by atoms with E-state index in [0.717, 1.165) is 18.8 Å². The molecule has 94 valence electrons. The Kier molecular flexibility index (Phi) is 4.66. The highest BCUT2D eigenvalue weighted by atomic mass is 16.3. The fourth-order valence-corrected chi connectivity index (χ4v) is 3.42. The molecular formula is C14H27NO. The van der Waals surface area contributed by atoms with Gasteiger partial charge >= 0.3 is 0 Å². The minimum atomic E-state index is -0.0896. The van der Waals surface area contributed by atoms with Crippen molar-refractivity contribution in [3.63, 3.8) is 0 Å². The molecular weight excluding hydrogens is 198 g/mol. The number of aliphatic hydroxyl groups is 1. The normalized spacial score (nSPS) is 34.9. The van der Waals surface area contributed by atoms with Gasteiger partial charge in [0, 0.05) is 12.1 Å². The first-order valence-corrected chi connectivity index (χ1v) is 7.21. The number of rotatable bonds is 3. The quantitative estimate of drug-likeness (QED) is 0.724. The number of nitrogens with one attached hydrogen (secondary N) is 1. The lowest BCUT2D eigenvalue weighted by atomic mass is 9.92. The van der Waals surface area contributed by atoms with Gasteiger partial charge in [0.2, 0.25) is 0 Å². The Balaban J connectivity index is 1.79. The summed E-state index contributed by atoms with van der Waals surface area (Å²) in [5.41, 5.74) is 0. The Morgan fingerprint density at radius 1 is 0.938 bits per heavy atom. The number of hydrogen-bond acceptors (Lipinski definition) is 2. The van der Waals surface area contributed by atoms with Crippen LogP contribution in [0.2, 0.25) is 0 Å². The average molecular weight is 225 g/mol. The third kappa shape index (κ3) is 3.21. The van der Waals surface area contributed by atoms with Crippen LogP contribution in [-0.2, 0) is 0 Å². The van der Waals surface area contributed by atoms with Gasteiger partial charge in [0.1, 0.15) is 0 Å². The molecule has 2 nitrogen and oxygen atoms in total. The van der Waals surface area contributed by atoms with E-state index in [-0.39, 0.29) is 6.10 Å². The standard InChI is InChI=1S/C14H27NO/c1-11(12-7-4-2-3-5-8-12)15-13-9-6-10-14(13)16/h11-16H,2-10H2,1H3/t11-,13?,14?/m1/s1. The Morgan fingerprint density at radius 3 is 2.19 bits per heavy atom. The topological polar surface area (TPSA) is 32.3 Å². The fraction of sp³-hybridized carbons (Fsp3) is 1.00. The molecule has 2 N–H and O–H groups in total. The molecule has 0 saturated heterocycles. The van der Waals surface area contributed by atoms with Gasteiger partial charge in [0.25, 0.3) is 0 Å². The molecule has 2 aliphatic rings. The Labute approximate surface area is 99.8 Å². The highest BCUT2D eigenvalue weighted by Crippen LogP contribution is 2.27. The van der Waals surface area contributed by atoms with Gasteiger partial charge in [-0.05, 0) is 44.9 Å². The van der Waals surface area contributed by atoms with Gasteiger partial charge in [0.15, 0.2) is 0 Å². The molecule has 0 bridgehead atoms. The van der Waals surface area contributed by atoms with Crippen molar-refractivity contribution in [2.45, 2.75) is 82.9 Å². The largest absolute Gasteiger partial charge is 0.392 e. The van der Waals surface area contributed by atoms with Crippen molar-refractivity contribution >= 4 is 0 Å². The van der Waals surface area contributed by atoms with Crippen molar-refractivity contribution in [2.24, 2.45) is 5.92 Å². The summed E-state index contributed by atoms with van der Waals surface area (Å²) >= 11 is 0. The molecule has 0 aromatic carbocycles. The van der Waals surface area contributed by atoms with Crippen molar-refractivity contribution in [3.05, 3.63) is 0 Å². The second-order valence-corrected chi connectivity index (χ2v) is 5.81. The highest BCUT2D eigenvalue weighted by molar-refractivity contribution is 4.86. The van der Waals surface area contributed by atoms with Crippen LogP contribution in [0.4, 0.5) is 0 Å². The van der Waals surface area contributed by atoms with E-state index in [9.17, 15) is 5.11 Å². The van der Waals surface area contributed by atoms with Crippen LogP contribution in [-0.4, -0.2) is 23.3 Å². The van der Waals surface area contributed by atoms with E-state index >= 15 is 0 Å². The molecule has 2 aliphatic carbocycles. The SMILES string of the molecule is C[C@@H](NC1CCCC1O)C1CCCCCC1. The summed E-state index contributed by atoms with van der Waals surface area (Å²) in [4.78, 5) is 0. The maximum Gasteiger partial charge on any atom is 0.0693 e. The Bertz CT molecular complexity index is 199. The Hall–Kier alpha value is -0.0800. The second kappa shape index (κ2) is 6.02. The number of hydrogen-bond donors (Lipinski definition) is 2. The summed E-state index contributed by atoms with van der Waals surface area (Å²) in [6.45, 7) is 2.32. The van der Waals surface area contributed by atoms with E-state index in [2.05, 4.69) is 12.2 Å². The van der Waals surface area contributed by atoms with Crippen LogP contribution >= 0.6 is 0 Å². The van der Waals surface area contributed by atoms with Crippen molar-refractivity contribution in [1.29, 1.82) is 0 Å². The molecule has 0 aromatic rings. The van der Waals surface area contributed by atoms with E-state index in [0.29, 0.717) is 12.1 Å². The van der Waals surface area contributed by atoms with Crippen LogP contribution in [0.1, 0.15) is 64.7 Å². The Morgan fingerprint density at radius 2 is 1.62 bits per heavy atom. The first-order valence-electron chi connectivity index (χ1n) is 7.21. The zero-order valence-corrected chi connectivity index (χ0v) is 10.6. The molecule has 0 amide bonds. The van der Waals surface area contributed by atoms with Gasteiger partial charge in [0.05, 0.1) is 6.10 Å².